The maximum Gasteiger partial charge on any atom is 0.408 e. The highest BCUT2D eigenvalue weighted by Crippen LogP contribution is 2.32. The van der Waals surface area contributed by atoms with Crippen molar-refractivity contribution in [1.29, 1.82) is 0 Å². The second-order valence-electron chi connectivity index (χ2n) is 11.4. The highest BCUT2D eigenvalue weighted by Gasteiger charge is 2.41. The molecule has 0 spiro atoms. The van der Waals surface area contributed by atoms with Crippen molar-refractivity contribution >= 4 is 35.4 Å². The first-order valence-corrected chi connectivity index (χ1v) is 14.4. The number of nitrogens with one attached hydrogen (secondary N) is 2. The minimum Gasteiger partial charge on any atom is -0.497 e. The topological polar surface area (TPSA) is 97.0 Å². The van der Waals surface area contributed by atoms with E-state index in [1.54, 1.807) is 68.8 Å². The predicted octanol–water partition coefficient (Wildman–Crippen LogP) is 5.96. The van der Waals surface area contributed by atoms with Gasteiger partial charge in [-0.25, -0.2) is 4.79 Å². The third-order valence-electron chi connectivity index (χ3n) is 5.78. The maximum absolute atomic E-state index is 14.3. The number of nitrogens with zero attached hydrogens (tertiary/aromatic N) is 1. The van der Waals surface area contributed by atoms with Crippen LogP contribution < -0.4 is 15.4 Å². The first kappa shape index (κ1) is 32.0. The first-order valence-electron chi connectivity index (χ1n) is 13.0. The second-order valence-corrected chi connectivity index (χ2v) is 12.4. The van der Waals surface area contributed by atoms with Crippen molar-refractivity contribution in [3.05, 3.63) is 59.7 Å². The van der Waals surface area contributed by atoms with E-state index in [2.05, 4.69) is 10.6 Å². The van der Waals surface area contributed by atoms with E-state index in [9.17, 15) is 14.4 Å². The number of rotatable bonds is 10. The van der Waals surface area contributed by atoms with Crippen LogP contribution in [0, 0.1) is 6.92 Å². The van der Waals surface area contributed by atoms with Gasteiger partial charge in [-0.1, -0.05) is 29.8 Å². The SMILES string of the molecule is COc1ccc(NC(=O)C(c2cccc(C)c2)N(C(=O)C(CCSC)NC(=O)OC(C)(C)C)C(C)(C)C)cc1. The van der Waals surface area contributed by atoms with Crippen molar-refractivity contribution in [2.45, 2.75) is 78.1 Å². The normalized spacial score (nSPS) is 13.2. The minimum absolute atomic E-state index is 0.362. The van der Waals surface area contributed by atoms with Crippen LogP contribution >= 0.6 is 11.8 Å². The quantitative estimate of drug-likeness (QED) is 0.374. The fourth-order valence-corrected chi connectivity index (χ4v) is 4.57. The van der Waals surface area contributed by atoms with Crippen molar-refractivity contribution in [1.82, 2.24) is 10.2 Å². The number of anilines is 1. The van der Waals surface area contributed by atoms with Gasteiger partial charge in [0.25, 0.3) is 5.91 Å². The number of methoxy groups -OCH3 is 1. The molecule has 2 aromatic carbocycles. The highest BCUT2D eigenvalue weighted by molar-refractivity contribution is 7.98. The first-order chi connectivity index (χ1) is 18.2. The molecule has 2 aromatic rings. The lowest BCUT2D eigenvalue weighted by atomic mass is 9.94. The molecule has 9 heteroatoms. The average Bonchev–Trinajstić information content (AvgIpc) is 2.83. The molecule has 0 saturated heterocycles. The zero-order chi connectivity index (χ0) is 29.4. The van der Waals surface area contributed by atoms with Crippen LogP contribution in [0.2, 0.25) is 0 Å². The summed E-state index contributed by atoms with van der Waals surface area (Å²) in [5, 5.41) is 5.74. The third-order valence-corrected chi connectivity index (χ3v) is 6.43. The smallest absolute Gasteiger partial charge is 0.408 e. The second kappa shape index (κ2) is 13.7. The molecule has 0 aliphatic rings. The molecule has 0 fully saturated rings. The van der Waals surface area contributed by atoms with E-state index in [-0.39, 0.29) is 11.8 Å². The lowest BCUT2D eigenvalue weighted by Crippen LogP contribution is -2.58. The van der Waals surface area contributed by atoms with Crippen LogP contribution in [0.25, 0.3) is 0 Å². The summed E-state index contributed by atoms with van der Waals surface area (Å²) >= 11 is 1.57. The van der Waals surface area contributed by atoms with Crippen molar-refractivity contribution in [3.63, 3.8) is 0 Å². The lowest BCUT2D eigenvalue weighted by molar-refractivity contribution is -0.146. The molecule has 0 aromatic heterocycles. The molecule has 2 rings (SSSR count). The molecule has 3 amide bonds. The molecule has 0 aliphatic heterocycles. The van der Waals surface area contributed by atoms with E-state index in [1.807, 2.05) is 58.2 Å². The van der Waals surface area contributed by atoms with E-state index in [1.165, 1.54) is 0 Å². The van der Waals surface area contributed by atoms with Gasteiger partial charge in [0.05, 0.1) is 7.11 Å². The number of carbonyl (C=O) groups is 3. The van der Waals surface area contributed by atoms with E-state index < -0.39 is 29.3 Å². The van der Waals surface area contributed by atoms with E-state index in [4.69, 9.17) is 9.47 Å². The summed E-state index contributed by atoms with van der Waals surface area (Å²) in [6.07, 6.45) is 1.64. The Labute approximate surface area is 237 Å². The Morgan fingerprint density at radius 3 is 2.15 bits per heavy atom. The van der Waals surface area contributed by atoms with Gasteiger partial charge in [-0.05, 0) is 96.7 Å². The van der Waals surface area contributed by atoms with E-state index in [0.29, 0.717) is 29.2 Å². The predicted molar refractivity (Wildman–Crippen MR) is 158 cm³/mol. The number of ether oxygens (including phenoxy) is 2. The third kappa shape index (κ3) is 9.80. The zero-order valence-corrected chi connectivity index (χ0v) is 25.4. The maximum atomic E-state index is 14.3. The number of thioether (sulfide) groups is 1. The lowest BCUT2D eigenvalue weighted by Gasteiger charge is -2.43. The van der Waals surface area contributed by atoms with E-state index in [0.717, 1.165) is 5.56 Å². The fraction of sp³-hybridized carbons (Fsp3) is 0.500. The Hall–Kier alpha value is -3.20. The fourth-order valence-electron chi connectivity index (χ4n) is 4.10. The van der Waals surface area contributed by atoms with Gasteiger partial charge >= 0.3 is 6.09 Å². The Morgan fingerprint density at radius 2 is 1.64 bits per heavy atom. The average molecular weight is 558 g/mol. The summed E-state index contributed by atoms with van der Waals surface area (Å²) in [6, 6.07) is 12.7. The van der Waals surface area contributed by atoms with Gasteiger partial charge in [-0.3, -0.25) is 9.59 Å². The molecular formula is C30H43N3O5S. The highest BCUT2D eigenvalue weighted by atomic mass is 32.2. The monoisotopic (exact) mass is 557 g/mol. The molecule has 0 heterocycles. The van der Waals surface area contributed by atoms with Gasteiger partial charge < -0.3 is 25.0 Å². The molecule has 0 saturated carbocycles. The Balaban J connectivity index is 2.55. The zero-order valence-electron chi connectivity index (χ0n) is 24.6. The van der Waals surface area contributed by atoms with Crippen LogP contribution in [0.5, 0.6) is 5.75 Å². The number of hydrogen-bond acceptors (Lipinski definition) is 6. The summed E-state index contributed by atoms with van der Waals surface area (Å²) in [5.41, 5.74) is 0.719. The number of amides is 3. The largest absolute Gasteiger partial charge is 0.497 e. The van der Waals surface area contributed by atoms with Gasteiger partial charge in [-0.2, -0.15) is 11.8 Å². The summed E-state index contributed by atoms with van der Waals surface area (Å²) in [4.78, 5) is 42.5. The van der Waals surface area contributed by atoms with E-state index >= 15 is 0 Å². The molecule has 0 aliphatic carbocycles. The Kier molecular flexibility index (Phi) is 11.3. The van der Waals surface area contributed by atoms with Crippen LogP contribution in [-0.4, -0.2) is 59.1 Å². The van der Waals surface area contributed by atoms with Gasteiger partial charge in [0, 0.05) is 11.2 Å². The molecular weight excluding hydrogens is 514 g/mol. The Bertz CT molecular complexity index is 1120. The summed E-state index contributed by atoms with van der Waals surface area (Å²) in [5.74, 6) is 0.574. The summed E-state index contributed by atoms with van der Waals surface area (Å²) in [7, 11) is 1.58. The van der Waals surface area contributed by atoms with Gasteiger partial charge in [-0.15, -0.1) is 0 Å². The Morgan fingerprint density at radius 1 is 1.00 bits per heavy atom. The molecule has 39 heavy (non-hydrogen) atoms. The molecule has 2 N–H and O–H groups in total. The van der Waals surface area contributed by atoms with Gasteiger partial charge in [0.1, 0.15) is 23.4 Å². The van der Waals surface area contributed by atoms with Crippen LogP contribution in [0.1, 0.15) is 65.1 Å². The molecule has 2 unspecified atom stereocenters. The number of alkyl carbamates (subject to hydrolysis) is 1. The van der Waals surface area contributed by atoms with Crippen molar-refractivity contribution in [2.75, 3.05) is 24.4 Å². The van der Waals surface area contributed by atoms with Crippen molar-refractivity contribution in [3.8, 4) is 5.75 Å². The molecule has 8 nitrogen and oxygen atoms in total. The number of hydrogen-bond donors (Lipinski definition) is 2. The standard InChI is InChI=1S/C30H43N3O5S/c1-20-11-10-12-21(19-20)25(26(34)31-22-13-15-23(37-8)16-14-22)33(29(2,3)4)27(35)24(17-18-39-9)32-28(36)38-30(5,6)7/h10-16,19,24-25H,17-18H2,1-9H3,(H,31,34)(H,32,36). The van der Waals surface area contributed by atoms with Gasteiger partial charge in [0.15, 0.2) is 0 Å². The van der Waals surface area contributed by atoms with Gasteiger partial charge in [0.2, 0.25) is 5.91 Å². The number of aryl methyl sites for hydroxylation is 1. The molecule has 2 atom stereocenters. The summed E-state index contributed by atoms with van der Waals surface area (Å²) in [6.45, 7) is 12.9. The molecule has 0 bridgehead atoms. The van der Waals surface area contributed by atoms with Crippen molar-refractivity contribution < 1.29 is 23.9 Å². The molecule has 0 radical (unpaired) electrons. The number of benzene rings is 2. The van der Waals surface area contributed by atoms with Crippen LogP contribution in [-0.2, 0) is 14.3 Å². The molecule has 214 valence electrons. The van der Waals surface area contributed by atoms with Crippen LogP contribution in [0.4, 0.5) is 10.5 Å². The minimum atomic E-state index is -0.961. The summed E-state index contributed by atoms with van der Waals surface area (Å²) < 4.78 is 10.7. The number of carbonyl (C=O) groups excluding carboxylic acids is 3. The van der Waals surface area contributed by atoms with Crippen LogP contribution in [0.15, 0.2) is 48.5 Å². The van der Waals surface area contributed by atoms with Crippen LogP contribution in [0.3, 0.4) is 0 Å². The van der Waals surface area contributed by atoms with Crippen molar-refractivity contribution in [2.24, 2.45) is 0 Å².